The number of aliphatic carboxylic acids is 1. The van der Waals surface area contributed by atoms with E-state index in [1.165, 1.54) is 4.90 Å². The second-order valence-electron chi connectivity index (χ2n) is 5.11. The summed E-state index contributed by atoms with van der Waals surface area (Å²) in [4.78, 5) is 24.6. The topological polar surface area (TPSA) is 66.8 Å². The van der Waals surface area contributed by atoms with Crippen molar-refractivity contribution in [3.8, 4) is 0 Å². The van der Waals surface area contributed by atoms with Crippen molar-refractivity contribution in [3.05, 3.63) is 34.9 Å². The fourth-order valence-electron chi connectivity index (χ4n) is 2.33. The lowest BCUT2D eigenvalue weighted by Crippen LogP contribution is -2.36. The molecule has 0 saturated carbocycles. The number of hydrogen-bond acceptors (Lipinski definition) is 3. The van der Waals surface area contributed by atoms with E-state index in [9.17, 15) is 9.59 Å². The van der Waals surface area contributed by atoms with Gasteiger partial charge in [-0.15, -0.1) is 0 Å². The largest absolute Gasteiger partial charge is 0.480 e. The van der Waals surface area contributed by atoms with Gasteiger partial charge < -0.3 is 14.7 Å². The molecule has 1 aliphatic heterocycles. The molecular formula is C15H18ClNO4. The van der Waals surface area contributed by atoms with E-state index in [0.717, 1.165) is 18.4 Å². The van der Waals surface area contributed by atoms with Crippen molar-refractivity contribution in [3.63, 3.8) is 0 Å². The van der Waals surface area contributed by atoms with Gasteiger partial charge in [-0.3, -0.25) is 9.59 Å². The third-order valence-electron chi connectivity index (χ3n) is 3.39. The molecule has 0 bridgehead atoms. The second-order valence-corrected chi connectivity index (χ2v) is 5.55. The number of hydrogen-bond donors (Lipinski definition) is 1. The number of halogens is 1. The zero-order valence-electron chi connectivity index (χ0n) is 11.6. The Morgan fingerprint density at radius 2 is 2.05 bits per heavy atom. The van der Waals surface area contributed by atoms with Crippen LogP contribution in [-0.4, -0.2) is 41.1 Å². The van der Waals surface area contributed by atoms with Crippen molar-refractivity contribution >= 4 is 23.5 Å². The number of carboxylic acid groups (broad SMARTS) is 1. The van der Waals surface area contributed by atoms with Gasteiger partial charge in [0.1, 0.15) is 6.54 Å². The lowest BCUT2D eigenvalue weighted by Gasteiger charge is -2.22. The van der Waals surface area contributed by atoms with Gasteiger partial charge in [-0.2, -0.15) is 0 Å². The summed E-state index contributed by atoms with van der Waals surface area (Å²) in [5.74, 6) is -1.22. The fourth-order valence-corrected chi connectivity index (χ4v) is 2.46. The maximum absolute atomic E-state index is 12.3. The minimum absolute atomic E-state index is 0.0842. The molecule has 1 amide bonds. The van der Waals surface area contributed by atoms with Crippen LogP contribution in [0.15, 0.2) is 24.3 Å². The SMILES string of the molecule is O=C(O)CN(Cc1ccc(Cl)cc1)C(=O)CC1CCCO1. The van der Waals surface area contributed by atoms with Crippen LogP contribution in [0.3, 0.4) is 0 Å². The van der Waals surface area contributed by atoms with Crippen LogP contribution in [0.25, 0.3) is 0 Å². The molecule has 1 N–H and O–H groups in total. The predicted octanol–water partition coefficient (Wildman–Crippen LogP) is 2.32. The van der Waals surface area contributed by atoms with E-state index < -0.39 is 5.97 Å². The zero-order valence-corrected chi connectivity index (χ0v) is 12.4. The predicted molar refractivity (Wildman–Crippen MR) is 78.1 cm³/mol. The highest BCUT2D eigenvalue weighted by molar-refractivity contribution is 6.30. The number of benzene rings is 1. The van der Waals surface area contributed by atoms with E-state index in [1.807, 2.05) is 0 Å². The molecular weight excluding hydrogens is 294 g/mol. The number of carbonyl (C=O) groups is 2. The van der Waals surface area contributed by atoms with E-state index in [2.05, 4.69) is 0 Å². The number of rotatable bonds is 6. The molecule has 0 aromatic heterocycles. The standard InChI is InChI=1S/C15H18ClNO4/c16-12-5-3-11(4-6-12)9-17(10-15(19)20)14(18)8-13-2-1-7-21-13/h3-6,13H,1-2,7-10H2,(H,19,20). The van der Waals surface area contributed by atoms with Gasteiger partial charge in [0.2, 0.25) is 5.91 Å². The lowest BCUT2D eigenvalue weighted by molar-refractivity contribution is -0.145. The van der Waals surface area contributed by atoms with Crippen LogP contribution in [-0.2, 0) is 20.9 Å². The Kier molecular flexibility index (Phi) is 5.59. The number of carbonyl (C=O) groups excluding carboxylic acids is 1. The highest BCUT2D eigenvalue weighted by Gasteiger charge is 2.24. The molecule has 21 heavy (non-hydrogen) atoms. The Balaban J connectivity index is 2.00. The van der Waals surface area contributed by atoms with Gasteiger partial charge in [0.05, 0.1) is 12.5 Å². The molecule has 1 aliphatic rings. The summed E-state index contributed by atoms with van der Waals surface area (Å²) in [7, 11) is 0. The number of nitrogens with zero attached hydrogens (tertiary/aromatic N) is 1. The Bertz CT molecular complexity index is 497. The van der Waals surface area contributed by atoms with Gasteiger partial charge in [-0.05, 0) is 30.5 Å². The third kappa shape index (κ3) is 5.02. The molecule has 1 fully saturated rings. The minimum Gasteiger partial charge on any atom is -0.480 e. The summed E-state index contributed by atoms with van der Waals surface area (Å²) in [5.41, 5.74) is 0.848. The zero-order chi connectivity index (χ0) is 15.2. The van der Waals surface area contributed by atoms with E-state index >= 15 is 0 Å². The first-order chi connectivity index (χ1) is 10.0. The molecule has 0 radical (unpaired) electrons. The van der Waals surface area contributed by atoms with Gasteiger partial charge >= 0.3 is 5.97 Å². The van der Waals surface area contributed by atoms with Gasteiger partial charge in [0.15, 0.2) is 0 Å². The highest BCUT2D eigenvalue weighted by Crippen LogP contribution is 2.18. The molecule has 0 spiro atoms. The average Bonchev–Trinajstić information content (AvgIpc) is 2.93. The molecule has 0 aliphatic carbocycles. The Hall–Kier alpha value is -1.59. The Morgan fingerprint density at radius 1 is 1.33 bits per heavy atom. The van der Waals surface area contributed by atoms with Gasteiger partial charge in [-0.25, -0.2) is 0 Å². The van der Waals surface area contributed by atoms with E-state index in [1.54, 1.807) is 24.3 Å². The van der Waals surface area contributed by atoms with Crippen LogP contribution in [0.5, 0.6) is 0 Å². The smallest absolute Gasteiger partial charge is 0.323 e. The number of ether oxygens (including phenoxy) is 1. The first-order valence-electron chi connectivity index (χ1n) is 6.90. The summed E-state index contributed by atoms with van der Waals surface area (Å²) in [5, 5.41) is 9.58. The quantitative estimate of drug-likeness (QED) is 0.875. The summed E-state index contributed by atoms with van der Waals surface area (Å²) < 4.78 is 5.43. The Morgan fingerprint density at radius 3 is 2.62 bits per heavy atom. The summed E-state index contributed by atoms with van der Waals surface area (Å²) >= 11 is 5.82. The third-order valence-corrected chi connectivity index (χ3v) is 3.64. The Labute approximate surface area is 128 Å². The number of carboxylic acids is 1. The van der Waals surface area contributed by atoms with Crippen LogP contribution in [0, 0.1) is 0 Å². The molecule has 1 saturated heterocycles. The van der Waals surface area contributed by atoms with Crippen LogP contribution >= 0.6 is 11.6 Å². The molecule has 1 aromatic rings. The van der Waals surface area contributed by atoms with Gasteiger partial charge in [0, 0.05) is 18.2 Å². The normalized spacial score (nSPS) is 17.7. The van der Waals surface area contributed by atoms with E-state index in [-0.39, 0.29) is 31.5 Å². The number of amides is 1. The molecule has 114 valence electrons. The van der Waals surface area contributed by atoms with Crippen molar-refractivity contribution in [2.45, 2.75) is 31.9 Å². The molecule has 1 unspecified atom stereocenters. The van der Waals surface area contributed by atoms with Crippen LogP contribution in [0.2, 0.25) is 5.02 Å². The van der Waals surface area contributed by atoms with Crippen molar-refractivity contribution < 1.29 is 19.4 Å². The summed E-state index contributed by atoms with van der Waals surface area (Å²) in [6, 6.07) is 7.02. The van der Waals surface area contributed by atoms with E-state index in [4.69, 9.17) is 21.4 Å². The average molecular weight is 312 g/mol. The molecule has 6 heteroatoms. The highest BCUT2D eigenvalue weighted by atomic mass is 35.5. The lowest BCUT2D eigenvalue weighted by atomic mass is 10.1. The van der Waals surface area contributed by atoms with Crippen LogP contribution < -0.4 is 0 Å². The fraction of sp³-hybridized carbons (Fsp3) is 0.467. The first kappa shape index (κ1) is 15.8. The maximum Gasteiger partial charge on any atom is 0.323 e. The van der Waals surface area contributed by atoms with Crippen molar-refractivity contribution in [1.29, 1.82) is 0 Å². The molecule has 2 rings (SSSR count). The minimum atomic E-state index is -1.02. The van der Waals surface area contributed by atoms with Crippen molar-refractivity contribution in [2.24, 2.45) is 0 Å². The van der Waals surface area contributed by atoms with Crippen molar-refractivity contribution in [1.82, 2.24) is 4.90 Å². The molecule has 1 heterocycles. The summed E-state index contributed by atoms with van der Waals surface area (Å²) in [6.07, 6.45) is 1.96. The van der Waals surface area contributed by atoms with Crippen LogP contribution in [0.4, 0.5) is 0 Å². The monoisotopic (exact) mass is 311 g/mol. The van der Waals surface area contributed by atoms with Gasteiger partial charge in [-0.1, -0.05) is 23.7 Å². The van der Waals surface area contributed by atoms with Gasteiger partial charge in [0.25, 0.3) is 0 Å². The van der Waals surface area contributed by atoms with E-state index in [0.29, 0.717) is 11.6 Å². The second kappa shape index (κ2) is 7.43. The molecule has 1 aromatic carbocycles. The molecule has 1 atom stereocenters. The first-order valence-corrected chi connectivity index (χ1v) is 7.28. The summed E-state index contributed by atoms with van der Waals surface area (Å²) in [6.45, 7) is 0.622. The maximum atomic E-state index is 12.3. The van der Waals surface area contributed by atoms with Crippen LogP contribution in [0.1, 0.15) is 24.8 Å². The van der Waals surface area contributed by atoms with Crippen molar-refractivity contribution in [2.75, 3.05) is 13.2 Å². The molecule has 5 nitrogen and oxygen atoms in total.